The van der Waals surface area contributed by atoms with Crippen LogP contribution < -0.4 is 0 Å². The van der Waals surface area contributed by atoms with Gasteiger partial charge in [-0.1, -0.05) is 5.21 Å². The van der Waals surface area contributed by atoms with Gasteiger partial charge in [0.15, 0.2) is 0 Å². The van der Waals surface area contributed by atoms with E-state index in [0.29, 0.717) is 0 Å². The van der Waals surface area contributed by atoms with Gasteiger partial charge in [-0.25, -0.2) is 0 Å². The fourth-order valence-electron chi connectivity index (χ4n) is 0.341. The minimum absolute atomic E-state index is 0.729. The summed E-state index contributed by atoms with van der Waals surface area (Å²) < 4.78 is 0. The van der Waals surface area contributed by atoms with Gasteiger partial charge in [0.05, 0.1) is 11.9 Å². The topological polar surface area (TPSA) is 41.6 Å². The third kappa shape index (κ3) is 0.765. The molecule has 0 unspecified atom stereocenters. The molecule has 37 valence electrons. The molecule has 0 spiro atoms. The summed E-state index contributed by atoms with van der Waals surface area (Å²) in [6.45, 7) is 3.62. The normalized spacial score (nSPS) is 9.29. The monoisotopic (exact) mass is 96.1 g/mol. The molecule has 0 atom stereocenters. The number of H-pyrrole nitrogens is 1. The van der Waals surface area contributed by atoms with Crippen LogP contribution in [0.15, 0.2) is 6.20 Å². The van der Waals surface area contributed by atoms with Gasteiger partial charge in [-0.2, -0.15) is 0 Å². The summed E-state index contributed by atoms with van der Waals surface area (Å²) in [7, 11) is 0. The molecule has 3 heteroatoms. The van der Waals surface area contributed by atoms with Gasteiger partial charge in [0.2, 0.25) is 0 Å². The van der Waals surface area contributed by atoms with Crippen LogP contribution in [0, 0.1) is 6.92 Å². The van der Waals surface area contributed by atoms with Crippen LogP contribution in [0.3, 0.4) is 0 Å². The number of nitrogens with zero attached hydrogens (tertiary/aromatic N) is 2. The van der Waals surface area contributed by atoms with E-state index >= 15 is 0 Å². The highest BCUT2D eigenvalue weighted by atomic mass is 15.3. The zero-order valence-corrected chi connectivity index (χ0v) is 3.89. The van der Waals surface area contributed by atoms with Crippen molar-refractivity contribution in [2.75, 3.05) is 0 Å². The van der Waals surface area contributed by atoms with Crippen molar-refractivity contribution in [2.45, 2.75) is 6.42 Å². The summed E-state index contributed by atoms with van der Waals surface area (Å²) in [6, 6.07) is 0. The Morgan fingerprint density at radius 3 is 3.00 bits per heavy atom. The van der Waals surface area contributed by atoms with Crippen LogP contribution in [0.1, 0.15) is 5.69 Å². The molecule has 7 heavy (non-hydrogen) atoms. The first kappa shape index (κ1) is 4.30. The number of aromatic nitrogens is 3. The quantitative estimate of drug-likeness (QED) is 0.542. The van der Waals surface area contributed by atoms with Gasteiger partial charge in [-0.3, -0.25) is 5.10 Å². The Hall–Kier alpha value is -0.860. The van der Waals surface area contributed by atoms with Crippen LogP contribution >= 0.6 is 0 Å². The average Bonchev–Trinajstić information content (AvgIpc) is 2.14. The highest BCUT2D eigenvalue weighted by Gasteiger charge is 1.84. The summed E-state index contributed by atoms with van der Waals surface area (Å²) in [4.78, 5) is 0. The van der Waals surface area contributed by atoms with Crippen LogP contribution in [-0.4, -0.2) is 15.4 Å². The van der Waals surface area contributed by atoms with Crippen LogP contribution in [-0.2, 0) is 6.42 Å². The fraction of sp³-hybridized carbons (Fsp3) is 0.250. The molecule has 0 aliphatic carbocycles. The van der Waals surface area contributed by atoms with Crippen molar-refractivity contribution in [1.82, 2.24) is 15.4 Å². The largest absolute Gasteiger partial charge is 0.262 e. The molecule has 0 amide bonds. The van der Waals surface area contributed by atoms with E-state index in [4.69, 9.17) is 0 Å². The first-order valence-electron chi connectivity index (χ1n) is 2.07. The second kappa shape index (κ2) is 1.73. The van der Waals surface area contributed by atoms with Gasteiger partial charge in [0.25, 0.3) is 0 Å². The molecular weight excluding hydrogens is 90.1 g/mol. The number of rotatable bonds is 1. The van der Waals surface area contributed by atoms with E-state index in [2.05, 4.69) is 22.3 Å². The lowest BCUT2D eigenvalue weighted by atomic mass is 10.4. The van der Waals surface area contributed by atoms with Gasteiger partial charge in [0.1, 0.15) is 0 Å². The zero-order chi connectivity index (χ0) is 5.11. The van der Waals surface area contributed by atoms with E-state index in [9.17, 15) is 0 Å². The van der Waals surface area contributed by atoms with Gasteiger partial charge < -0.3 is 0 Å². The van der Waals surface area contributed by atoms with Gasteiger partial charge in [0, 0.05) is 0 Å². The predicted molar refractivity (Wildman–Crippen MR) is 25.4 cm³/mol. The lowest BCUT2D eigenvalue weighted by Gasteiger charge is -1.77. The second-order valence-corrected chi connectivity index (χ2v) is 1.23. The molecule has 0 bridgehead atoms. The first-order chi connectivity index (χ1) is 3.43. The maximum atomic E-state index is 3.62. The Kier molecular flexibility index (Phi) is 1.06. The lowest BCUT2D eigenvalue weighted by Crippen LogP contribution is -1.76. The first-order valence-corrected chi connectivity index (χ1v) is 2.07. The minimum Gasteiger partial charge on any atom is -0.262 e. The molecule has 1 aromatic heterocycles. The Morgan fingerprint density at radius 2 is 2.71 bits per heavy atom. The molecular formula is C4H6N3. The van der Waals surface area contributed by atoms with Crippen LogP contribution in [0.5, 0.6) is 0 Å². The standard InChI is InChI=1S/C4H6N3/c1-2-4-3-5-7-6-4/h3H,1-2H2,(H,5,6,7). The van der Waals surface area contributed by atoms with Crippen molar-refractivity contribution < 1.29 is 0 Å². The molecule has 3 nitrogen and oxygen atoms in total. The fourth-order valence-corrected chi connectivity index (χ4v) is 0.341. The number of aromatic amines is 1. The SMILES string of the molecule is [CH2]Cc1cnn[nH]1. The van der Waals surface area contributed by atoms with E-state index < -0.39 is 0 Å². The Bertz CT molecular complexity index is 121. The Morgan fingerprint density at radius 1 is 1.86 bits per heavy atom. The molecule has 0 fully saturated rings. The van der Waals surface area contributed by atoms with Crippen molar-refractivity contribution in [3.05, 3.63) is 18.8 Å². The maximum absolute atomic E-state index is 3.62. The minimum atomic E-state index is 0.729. The second-order valence-electron chi connectivity index (χ2n) is 1.23. The molecule has 0 aromatic carbocycles. The third-order valence-electron chi connectivity index (χ3n) is 0.734. The van der Waals surface area contributed by atoms with Crippen molar-refractivity contribution in [2.24, 2.45) is 0 Å². The van der Waals surface area contributed by atoms with E-state index in [-0.39, 0.29) is 0 Å². The zero-order valence-electron chi connectivity index (χ0n) is 3.89. The van der Waals surface area contributed by atoms with Crippen molar-refractivity contribution in [3.63, 3.8) is 0 Å². The van der Waals surface area contributed by atoms with Gasteiger partial charge in [-0.15, -0.1) is 5.10 Å². The van der Waals surface area contributed by atoms with E-state index in [0.717, 1.165) is 12.1 Å². The van der Waals surface area contributed by atoms with Crippen LogP contribution in [0.4, 0.5) is 0 Å². The highest BCUT2D eigenvalue weighted by Crippen LogP contribution is 1.85. The number of hydrogen-bond acceptors (Lipinski definition) is 2. The average molecular weight is 96.1 g/mol. The summed E-state index contributed by atoms with van der Waals surface area (Å²) in [5.74, 6) is 0. The molecule has 1 aromatic rings. The molecule has 0 aliphatic rings. The molecule has 0 saturated carbocycles. The summed E-state index contributed by atoms with van der Waals surface area (Å²) >= 11 is 0. The maximum Gasteiger partial charge on any atom is 0.0722 e. The summed E-state index contributed by atoms with van der Waals surface area (Å²) in [6.07, 6.45) is 2.39. The van der Waals surface area contributed by atoms with Crippen LogP contribution in [0.25, 0.3) is 0 Å². The Labute approximate surface area is 41.7 Å². The van der Waals surface area contributed by atoms with Crippen molar-refractivity contribution >= 4 is 0 Å². The Balaban J connectivity index is 2.76. The van der Waals surface area contributed by atoms with Gasteiger partial charge in [-0.05, 0) is 13.3 Å². The van der Waals surface area contributed by atoms with E-state index in [1.807, 2.05) is 0 Å². The highest BCUT2D eigenvalue weighted by molar-refractivity contribution is 4.90. The number of hydrogen-bond donors (Lipinski definition) is 1. The molecule has 1 N–H and O–H groups in total. The van der Waals surface area contributed by atoms with Crippen molar-refractivity contribution in [1.29, 1.82) is 0 Å². The number of nitrogens with one attached hydrogen (secondary N) is 1. The summed E-state index contributed by atoms with van der Waals surface area (Å²) in [5, 5.41) is 9.69. The lowest BCUT2D eigenvalue weighted by molar-refractivity contribution is 0.919. The smallest absolute Gasteiger partial charge is 0.0722 e. The van der Waals surface area contributed by atoms with E-state index in [1.54, 1.807) is 6.20 Å². The van der Waals surface area contributed by atoms with Crippen molar-refractivity contribution in [3.8, 4) is 0 Å². The predicted octanol–water partition coefficient (Wildman–Crippen LogP) is 0.181. The van der Waals surface area contributed by atoms with E-state index in [1.165, 1.54) is 0 Å². The third-order valence-corrected chi connectivity index (χ3v) is 0.734. The molecule has 1 rings (SSSR count). The molecule has 1 radical (unpaired) electrons. The van der Waals surface area contributed by atoms with Gasteiger partial charge >= 0.3 is 0 Å². The molecule has 1 heterocycles. The molecule has 0 saturated heterocycles. The molecule has 0 aliphatic heterocycles. The summed E-state index contributed by atoms with van der Waals surface area (Å²) in [5.41, 5.74) is 0.972. The van der Waals surface area contributed by atoms with Crippen LogP contribution in [0.2, 0.25) is 0 Å².